The van der Waals surface area contributed by atoms with Gasteiger partial charge in [-0.05, 0) is 18.2 Å². The number of aromatic nitrogens is 8. The van der Waals surface area contributed by atoms with Crippen LogP contribution in [0.15, 0.2) is 47.4 Å². The van der Waals surface area contributed by atoms with Gasteiger partial charge in [-0.1, -0.05) is 6.07 Å². The molecule has 0 aromatic carbocycles. The molecule has 34 heavy (non-hydrogen) atoms. The first-order valence-electron chi connectivity index (χ1n) is 10.4. The molecule has 13 heteroatoms. The Balaban J connectivity index is 1.41. The van der Waals surface area contributed by atoms with Crippen molar-refractivity contribution in [1.82, 2.24) is 44.5 Å². The number of carbonyl (C=O) groups is 1. The van der Waals surface area contributed by atoms with E-state index in [0.29, 0.717) is 35.4 Å². The van der Waals surface area contributed by atoms with Gasteiger partial charge in [0.1, 0.15) is 11.7 Å². The quantitative estimate of drug-likeness (QED) is 0.433. The fraction of sp³-hybridized carbons (Fsp3) is 0.238. The number of carbonyl (C=O) groups excluding carboxylic acids is 1. The van der Waals surface area contributed by atoms with E-state index in [1.54, 1.807) is 48.6 Å². The Kier molecular flexibility index (Phi) is 4.50. The van der Waals surface area contributed by atoms with Gasteiger partial charge < -0.3 is 14.3 Å². The summed E-state index contributed by atoms with van der Waals surface area (Å²) >= 11 is 0. The minimum atomic E-state index is -2.70. The highest BCUT2D eigenvalue weighted by molar-refractivity contribution is 5.90. The zero-order chi connectivity index (χ0) is 23.4. The number of hydrogen-bond acceptors (Lipinski definition) is 7. The van der Waals surface area contributed by atoms with E-state index >= 15 is 0 Å². The molecule has 1 aliphatic rings. The number of pyridine rings is 1. The zero-order valence-corrected chi connectivity index (χ0v) is 17.8. The summed E-state index contributed by atoms with van der Waals surface area (Å²) in [6.45, 7) is 0.318. The number of aryl methyl sites for hydroxylation is 1. The molecule has 172 valence electrons. The van der Waals surface area contributed by atoms with Gasteiger partial charge in [0, 0.05) is 31.9 Å². The van der Waals surface area contributed by atoms with Crippen molar-refractivity contribution < 1.29 is 18.0 Å². The summed E-state index contributed by atoms with van der Waals surface area (Å²) in [4.78, 5) is 22.5. The number of amides is 1. The van der Waals surface area contributed by atoms with Crippen molar-refractivity contribution in [2.45, 2.75) is 18.9 Å². The van der Waals surface area contributed by atoms with E-state index in [4.69, 9.17) is 4.42 Å². The summed E-state index contributed by atoms with van der Waals surface area (Å²) in [6, 6.07) is 5.50. The maximum absolute atomic E-state index is 13.5. The van der Waals surface area contributed by atoms with E-state index < -0.39 is 18.4 Å². The van der Waals surface area contributed by atoms with E-state index in [0.717, 1.165) is 5.69 Å². The summed E-state index contributed by atoms with van der Waals surface area (Å²) < 4.78 is 35.5. The first-order valence-corrected chi connectivity index (χ1v) is 10.4. The number of H-pyrrole nitrogens is 1. The van der Waals surface area contributed by atoms with E-state index in [-0.39, 0.29) is 17.5 Å². The number of fused-ring (bicyclic) bond motifs is 2. The van der Waals surface area contributed by atoms with Crippen molar-refractivity contribution in [1.29, 1.82) is 0 Å². The van der Waals surface area contributed by atoms with Crippen LogP contribution in [0.2, 0.25) is 0 Å². The van der Waals surface area contributed by atoms with Gasteiger partial charge in [0.2, 0.25) is 0 Å². The second kappa shape index (κ2) is 7.57. The standard InChI is InChI=1S/C21H17F2N9O2/c1-30-9-11(8-26-30)19-27-28-20(34-19)21(33)31-6-5-13-16(25-10-24-13)17(31)14-7-12-3-2-4-15(18(22)23)32(12)29-14/h2-4,7-10,17-18H,5-6H2,1H3,(H,24,25). The van der Waals surface area contributed by atoms with Crippen LogP contribution in [-0.4, -0.2) is 56.9 Å². The minimum Gasteiger partial charge on any atom is -0.412 e. The van der Waals surface area contributed by atoms with Crippen molar-refractivity contribution in [3.8, 4) is 11.5 Å². The molecule has 11 nitrogen and oxygen atoms in total. The van der Waals surface area contributed by atoms with Crippen molar-refractivity contribution in [2.24, 2.45) is 7.05 Å². The summed E-state index contributed by atoms with van der Waals surface area (Å²) in [5, 5.41) is 16.4. The number of hydrogen-bond donors (Lipinski definition) is 1. The Morgan fingerprint density at radius 3 is 2.97 bits per heavy atom. The fourth-order valence-electron chi connectivity index (χ4n) is 4.23. The van der Waals surface area contributed by atoms with Crippen LogP contribution in [0.25, 0.3) is 17.0 Å². The third-order valence-electron chi connectivity index (χ3n) is 5.78. The Morgan fingerprint density at radius 2 is 2.18 bits per heavy atom. The Labute approximate surface area is 190 Å². The molecule has 5 aromatic heterocycles. The lowest BCUT2D eigenvalue weighted by Crippen LogP contribution is -2.41. The molecule has 6 rings (SSSR count). The van der Waals surface area contributed by atoms with Gasteiger partial charge in [-0.15, -0.1) is 10.2 Å². The van der Waals surface area contributed by atoms with Gasteiger partial charge in [0.15, 0.2) is 0 Å². The van der Waals surface area contributed by atoms with Crippen molar-refractivity contribution >= 4 is 11.4 Å². The highest BCUT2D eigenvalue weighted by atomic mass is 19.3. The molecule has 0 bridgehead atoms. The van der Waals surface area contributed by atoms with Crippen LogP contribution in [0, 0.1) is 0 Å². The second-order valence-corrected chi connectivity index (χ2v) is 7.89. The molecule has 0 saturated heterocycles. The van der Waals surface area contributed by atoms with E-state index in [9.17, 15) is 13.6 Å². The predicted octanol–water partition coefficient (Wildman–Crippen LogP) is 2.57. The molecule has 0 spiro atoms. The minimum absolute atomic E-state index is 0.166. The van der Waals surface area contributed by atoms with Crippen molar-refractivity contribution in [3.05, 3.63) is 71.7 Å². The largest absolute Gasteiger partial charge is 0.412 e. The average Bonchev–Trinajstić information content (AvgIpc) is 3.62. The number of nitrogens with one attached hydrogen (secondary N) is 1. The molecule has 5 aromatic rings. The lowest BCUT2D eigenvalue weighted by atomic mass is 9.99. The maximum Gasteiger partial charge on any atom is 0.312 e. The third-order valence-corrected chi connectivity index (χ3v) is 5.78. The number of rotatable bonds is 4. The van der Waals surface area contributed by atoms with Crippen LogP contribution < -0.4 is 0 Å². The normalized spacial score (nSPS) is 15.9. The number of nitrogens with zero attached hydrogens (tertiary/aromatic N) is 8. The molecular weight excluding hydrogens is 448 g/mol. The monoisotopic (exact) mass is 465 g/mol. The summed E-state index contributed by atoms with van der Waals surface area (Å²) in [5.41, 5.74) is 2.67. The molecule has 0 aliphatic carbocycles. The first-order chi connectivity index (χ1) is 16.5. The highest BCUT2D eigenvalue weighted by Gasteiger charge is 2.38. The predicted molar refractivity (Wildman–Crippen MR) is 112 cm³/mol. The van der Waals surface area contributed by atoms with Gasteiger partial charge in [-0.3, -0.25) is 9.48 Å². The lowest BCUT2D eigenvalue weighted by Gasteiger charge is -2.32. The average molecular weight is 465 g/mol. The van der Waals surface area contributed by atoms with E-state index in [1.807, 2.05) is 0 Å². The Bertz CT molecular complexity index is 1520. The number of alkyl halides is 2. The second-order valence-electron chi connectivity index (χ2n) is 7.89. The van der Waals surface area contributed by atoms with Gasteiger partial charge in [-0.2, -0.15) is 10.2 Å². The molecule has 6 heterocycles. The number of aromatic amines is 1. The summed E-state index contributed by atoms with van der Waals surface area (Å²) in [5.74, 6) is -0.535. The maximum atomic E-state index is 13.5. The molecule has 0 saturated carbocycles. The van der Waals surface area contributed by atoms with Gasteiger partial charge in [0.25, 0.3) is 12.3 Å². The fourth-order valence-corrected chi connectivity index (χ4v) is 4.23. The van der Waals surface area contributed by atoms with Crippen molar-refractivity contribution in [2.75, 3.05) is 6.54 Å². The highest BCUT2D eigenvalue weighted by Crippen LogP contribution is 2.35. The van der Waals surface area contributed by atoms with E-state index in [2.05, 4.69) is 30.4 Å². The summed E-state index contributed by atoms with van der Waals surface area (Å²) in [7, 11) is 1.75. The summed E-state index contributed by atoms with van der Waals surface area (Å²) in [6.07, 6.45) is 2.61. The van der Waals surface area contributed by atoms with Gasteiger partial charge in [-0.25, -0.2) is 18.3 Å². The van der Waals surface area contributed by atoms with Crippen molar-refractivity contribution in [3.63, 3.8) is 0 Å². The van der Waals surface area contributed by atoms with Crippen LogP contribution >= 0.6 is 0 Å². The smallest absolute Gasteiger partial charge is 0.312 e. The third kappa shape index (κ3) is 3.16. The molecule has 1 atom stereocenters. The van der Waals surface area contributed by atoms with Crippen LogP contribution in [0.5, 0.6) is 0 Å². The zero-order valence-electron chi connectivity index (χ0n) is 17.8. The van der Waals surface area contributed by atoms with Crippen LogP contribution in [0.1, 0.15) is 45.9 Å². The lowest BCUT2D eigenvalue weighted by molar-refractivity contribution is 0.0646. The number of imidazole rings is 1. The molecule has 0 fully saturated rings. The molecule has 1 aliphatic heterocycles. The molecule has 1 N–H and O–H groups in total. The molecule has 0 radical (unpaired) electrons. The Morgan fingerprint density at radius 1 is 1.29 bits per heavy atom. The first kappa shape index (κ1) is 20.2. The SMILES string of the molecule is Cn1cc(-c2nnc(C(=O)N3CCc4[nH]cnc4C3c3cc4cccc(C(F)F)n4n3)o2)cn1. The van der Waals surface area contributed by atoms with Gasteiger partial charge in [0.05, 0.1) is 35.0 Å². The Hall–Kier alpha value is -4.42. The number of halogens is 2. The van der Waals surface area contributed by atoms with Crippen LogP contribution in [0.3, 0.4) is 0 Å². The molecule has 1 amide bonds. The van der Waals surface area contributed by atoms with Crippen LogP contribution in [-0.2, 0) is 13.5 Å². The van der Waals surface area contributed by atoms with E-state index in [1.165, 1.54) is 15.5 Å². The van der Waals surface area contributed by atoms with Gasteiger partial charge >= 0.3 is 11.8 Å². The van der Waals surface area contributed by atoms with Crippen LogP contribution in [0.4, 0.5) is 8.78 Å². The topological polar surface area (TPSA) is 123 Å². The molecule has 1 unspecified atom stereocenters. The molecular formula is C21H17F2N9O2.